The largest absolute Gasteiger partial charge is 0.419 e. The van der Waals surface area contributed by atoms with Gasteiger partial charge in [-0.25, -0.2) is 4.79 Å². The van der Waals surface area contributed by atoms with Gasteiger partial charge in [0.1, 0.15) is 0 Å². The summed E-state index contributed by atoms with van der Waals surface area (Å²) in [5.41, 5.74) is 1.09. The van der Waals surface area contributed by atoms with Gasteiger partial charge in [0.15, 0.2) is 5.58 Å². The fourth-order valence-corrected chi connectivity index (χ4v) is 4.35. The molecule has 0 saturated carbocycles. The van der Waals surface area contributed by atoms with Crippen molar-refractivity contribution in [1.29, 1.82) is 0 Å². The second-order valence-corrected chi connectivity index (χ2v) is 8.45. The first-order valence-corrected chi connectivity index (χ1v) is 10.00. The minimum absolute atomic E-state index is 0.0594. The normalized spacial score (nSPS) is 22.1. The molecule has 1 N–H and O–H groups in total. The van der Waals surface area contributed by atoms with Crippen LogP contribution in [0.25, 0.3) is 11.1 Å². The SMILES string of the molecule is C[C@@H]1C[C@H](C)CN(C[C@H](C)NC(=O)CCn2c(=O)oc3cc(Cl)ccc32)C1. The van der Waals surface area contributed by atoms with E-state index in [1.807, 2.05) is 6.92 Å². The van der Waals surface area contributed by atoms with Gasteiger partial charge in [-0.2, -0.15) is 0 Å². The maximum atomic E-state index is 12.3. The lowest BCUT2D eigenvalue weighted by atomic mass is 9.92. The van der Waals surface area contributed by atoms with Crippen molar-refractivity contribution in [2.45, 2.75) is 46.2 Å². The minimum atomic E-state index is -0.468. The Morgan fingerprint density at radius 3 is 2.74 bits per heavy atom. The summed E-state index contributed by atoms with van der Waals surface area (Å²) >= 11 is 5.92. The summed E-state index contributed by atoms with van der Waals surface area (Å²) in [5.74, 6) is 0.873. The van der Waals surface area contributed by atoms with Gasteiger partial charge in [0.25, 0.3) is 0 Å². The number of hydrogen-bond donors (Lipinski definition) is 1. The van der Waals surface area contributed by atoms with Crippen LogP contribution in [0.5, 0.6) is 0 Å². The number of amides is 1. The average Bonchev–Trinajstić information content (AvgIpc) is 2.85. The van der Waals surface area contributed by atoms with Crippen LogP contribution in [0, 0.1) is 11.8 Å². The van der Waals surface area contributed by atoms with Gasteiger partial charge in [0.05, 0.1) is 5.52 Å². The molecule has 0 unspecified atom stereocenters. The molecule has 0 radical (unpaired) electrons. The maximum Gasteiger partial charge on any atom is 0.419 e. The molecular formula is C20H28ClN3O3. The number of oxazole rings is 1. The second-order valence-electron chi connectivity index (χ2n) is 8.01. The summed E-state index contributed by atoms with van der Waals surface area (Å²) in [5, 5.41) is 3.56. The summed E-state index contributed by atoms with van der Waals surface area (Å²) in [4.78, 5) is 26.8. The maximum absolute atomic E-state index is 12.3. The molecule has 2 aromatic rings. The molecule has 1 fully saturated rings. The van der Waals surface area contributed by atoms with E-state index in [-0.39, 0.29) is 24.9 Å². The van der Waals surface area contributed by atoms with Crippen LogP contribution < -0.4 is 11.1 Å². The van der Waals surface area contributed by atoms with Crippen LogP contribution in [0.3, 0.4) is 0 Å². The van der Waals surface area contributed by atoms with Gasteiger partial charge >= 0.3 is 5.76 Å². The van der Waals surface area contributed by atoms with Crippen LogP contribution in [0.4, 0.5) is 0 Å². The van der Waals surface area contributed by atoms with Crippen molar-refractivity contribution >= 4 is 28.6 Å². The molecule has 0 bridgehead atoms. The molecule has 27 heavy (non-hydrogen) atoms. The fourth-order valence-electron chi connectivity index (χ4n) is 4.19. The van der Waals surface area contributed by atoms with Gasteiger partial charge in [-0.05, 0) is 37.3 Å². The third-order valence-corrected chi connectivity index (χ3v) is 5.31. The zero-order chi connectivity index (χ0) is 19.6. The zero-order valence-electron chi connectivity index (χ0n) is 16.2. The predicted molar refractivity (Wildman–Crippen MR) is 107 cm³/mol. The van der Waals surface area contributed by atoms with E-state index >= 15 is 0 Å². The predicted octanol–water partition coefficient (Wildman–Crippen LogP) is 3.12. The van der Waals surface area contributed by atoms with Gasteiger partial charge in [-0.1, -0.05) is 25.4 Å². The van der Waals surface area contributed by atoms with E-state index in [0.29, 0.717) is 28.0 Å². The van der Waals surface area contributed by atoms with Crippen molar-refractivity contribution in [2.75, 3.05) is 19.6 Å². The highest BCUT2D eigenvalue weighted by atomic mass is 35.5. The van der Waals surface area contributed by atoms with Crippen LogP contribution in [-0.2, 0) is 11.3 Å². The number of aryl methyl sites for hydroxylation is 1. The van der Waals surface area contributed by atoms with E-state index in [2.05, 4.69) is 24.1 Å². The molecule has 1 saturated heterocycles. The number of carbonyl (C=O) groups excluding carboxylic acids is 1. The lowest BCUT2D eigenvalue weighted by Gasteiger charge is -2.36. The Labute approximate surface area is 164 Å². The molecule has 0 aliphatic carbocycles. The first-order valence-electron chi connectivity index (χ1n) is 9.62. The average molecular weight is 394 g/mol. The monoisotopic (exact) mass is 393 g/mol. The quantitative estimate of drug-likeness (QED) is 0.818. The van der Waals surface area contributed by atoms with Gasteiger partial charge in [0, 0.05) is 49.7 Å². The summed E-state index contributed by atoms with van der Waals surface area (Å²) in [6.07, 6.45) is 1.50. The Morgan fingerprint density at radius 2 is 2.04 bits per heavy atom. The second kappa shape index (κ2) is 8.48. The smallest absolute Gasteiger partial charge is 0.408 e. The number of halogens is 1. The zero-order valence-corrected chi connectivity index (χ0v) is 17.0. The van der Waals surface area contributed by atoms with E-state index in [1.165, 1.54) is 11.0 Å². The van der Waals surface area contributed by atoms with Crippen molar-refractivity contribution in [3.8, 4) is 0 Å². The molecule has 1 aliphatic rings. The molecule has 1 aromatic carbocycles. The summed E-state index contributed by atoms with van der Waals surface area (Å²) in [7, 11) is 0. The topological polar surface area (TPSA) is 67.5 Å². The van der Waals surface area contributed by atoms with E-state index in [9.17, 15) is 9.59 Å². The van der Waals surface area contributed by atoms with Crippen molar-refractivity contribution in [1.82, 2.24) is 14.8 Å². The highest BCUT2D eigenvalue weighted by Crippen LogP contribution is 2.21. The third kappa shape index (κ3) is 5.14. The fraction of sp³-hybridized carbons (Fsp3) is 0.600. The first kappa shape index (κ1) is 20.0. The highest BCUT2D eigenvalue weighted by Gasteiger charge is 2.23. The van der Waals surface area contributed by atoms with E-state index in [0.717, 1.165) is 19.6 Å². The molecular weight excluding hydrogens is 366 g/mol. The Bertz CT molecular complexity index is 850. The number of likely N-dealkylation sites (tertiary alicyclic amines) is 1. The van der Waals surface area contributed by atoms with Gasteiger partial charge in [-0.15, -0.1) is 0 Å². The van der Waals surface area contributed by atoms with Crippen LogP contribution in [0.1, 0.15) is 33.6 Å². The third-order valence-electron chi connectivity index (χ3n) is 5.08. The number of rotatable bonds is 6. The number of nitrogens with zero attached hydrogens (tertiary/aromatic N) is 2. The molecule has 7 heteroatoms. The number of benzene rings is 1. The standard InChI is InChI=1S/C20H28ClN3O3/c1-13-8-14(2)11-23(10-13)12-15(3)22-19(25)6-7-24-17-5-4-16(21)9-18(17)27-20(24)26/h4-5,9,13-15H,6-8,10-12H2,1-3H3,(H,22,25)/t13-,14+,15-/m0/s1. The Kier molecular flexibility index (Phi) is 6.27. The molecule has 1 aromatic heterocycles. The van der Waals surface area contributed by atoms with Crippen molar-refractivity contribution in [2.24, 2.45) is 11.8 Å². The molecule has 1 aliphatic heterocycles. The number of hydrogen-bond acceptors (Lipinski definition) is 4. The highest BCUT2D eigenvalue weighted by molar-refractivity contribution is 6.31. The Balaban J connectivity index is 1.52. The van der Waals surface area contributed by atoms with Crippen molar-refractivity contribution in [3.05, 3.63) is 33.8 Å². The van der Waals surface area contributed by atoms with Crippen LogP contribution in [0.2, 0.25) is 5.02 Å². The van der Waals surface area contributed by atoms with Gasteiger partial charge < -0.3 is 14.6 Å². The van der Waals surface area contributed by atoms with Crippen molar-refractivity contribution < 1.29 is 9.21 Å². The number of carbonyl (C=O) groups is 1. The van der Waals surface area contributed by atoms with Gasteiger partial charge in [-0.3, -0.25) is 9.36 Å². The number of fused-ring (bicyclic) bond motifs is 1. The Morgan fingerprint density at radius 1 is 1.33 bits per heavy atom. The van der Waals surface area contributed by atoms with Crippen LogP contribution >= 0.6 is 11.6 Å². The van der Waals surface area contributed by atoms with Crippen LogP contribution in [-0.4, -0.2) is 41.1 Å². The summed E-state index contributed by atoms with van der Waals surface area (Å²) < 4.78 is 6.67. The molecule has 3 atom stereocenters. The number of nitrogens with one attached hydrogen (secondary N) is 1. The lowest BCUT2D eigenvalue weighted by molar-refractivity contribution is -0.122. The minimum Gasteiger partial charge on any atom is -0.408 e. The number of aromatic nitrogens is 1. The van der Waals surface area contributed by atoms with Crippen LogP contribution in [0.15, 0.2) is 27.4 Å². The van der Waals surface area contributed by atoms with E-state index in [4.69, 9.17) is 16.0 Å². The van der Waals surface area contributed by atoms with E-state index in [1.54, 1.807) is 18.2 Å². The molecule has 0 spiro atoms. The molecule has 1 amide bonds. The molecule has 148 valence electrons. The lowest BCUT2D eigenvalue weighted by Crippen LogP contribution is -2.47. The number of piperidine rings is 1. The summed E-state index contributed by atoms with van der Waals surface area (Å²) in [6, 6.07) is 5.13. The first-order chi connectivity index (χ1) is 12.8. The van der Waals surface area contributed by atoms with Crippen molar-refractivity contribution in [3.63, 3.8) is 0 Å². The molecule has 2 heterocycles. The Hall–Kier alpha value is -1.79. The van der Waals surface area contributed by atoms with Gasteiger partial charge in [0.2, 0.25) is 5.91 Å². The molecule has 6 nitrogen and oxygen atoms in total. The summed E-state index contributed by atoms with van der Waals surface area (Å²) in [6.45, 7) is 9.91. The van der Waals surface area contributed by atoms with E-state index < -0.39 is 5.76 Å². The molecule has 3 rings (SSSR count).